The molecule has 1 heteroatoms. The molecule has 1 saturated carbocycles. The average Bonchev–Trinajstić information content (AvgIpc) is 2.11. The number of hydrogen-bond acceptors (Lipinski definition) is 1. The Balaban J connectivity index is 2.45. The first-order chi connectivity index (χ1) is 8.39. The molecule has 0 radical (unpaired) electrons. The lowest BCUT2D eigenvalue weighted by Crippen LogP contribution is -2.49. The van der Waals surface area contributed by atoms with Crippen LogP contribution in [0, 0.1) is 16.7 Å². The Kier molecular flexibility index (Phi) is 5.15. The molecule has 0 aliphatic heterocycles. The highest BCUT2D eigenvalue weighted by Crippen LogP contribution is 2.38. The van der Waals surface area contributed by atoms with Crippen molar-refractivity contribution in [3.05, 3.63) is 0 Å². The SMILES string of the molecule is CC(C)(C)CC(C)(C)NC1CCC(C(C)(C)C)CC1. The molecule has 0 spiro atoms. The van der Waals surface area contributed by atoms with E-state index in [1.54, 1.807) is 0 Å². The number of nitrogens with one attached hydrogen (secondary N) is 1. The maximum Gasteiger partial charge on any atom is 0.0132 e. The molecule has 0 amide bonds. The van der Waals surface area contributed by atoms with Crippen molar-refractivity contribution in [2.45, 2.75) is 99.1 Å². The van der Waals surface area contributed by atoms with Gasteiger partial charge in [0.05, 0.1) is 0 Å². The van der Waals surface area contributed by atoms with E-state index in [1.165, 1.54) is 32.1 Å². The minimum atomic E-state index is 0.261. The van der Waals surface area contributed by atoms with Gasteiger partial charge in [-0.05, 0) is 62.7 Å². The molecule has 0 aromatic rings. The Bertz CT molecular complexity index is 269. The van der Waals surface area contributed by atoms with Gasteiger partial charge in [0.25, 0.3) is 0 Å². The Morgan fingerprint density at radius 3 is 1.63 bits per heavy atom. The first-order valence-corrected chi connectivity index (χ1v) is 8.17. The van der Waals surface area contributed by atoms with Gasteiger partial charge in [0.1, 0.15) is 0 Å². The van der Waals surface area contributed by atoms with E-state index in [-0.39, 0.29) is 5.54 Å². The van der Waals surface area contributed by atoms with Crippen molar-refractivity contribution in [3.63, 3.8) is 0 Å². The quantitative estimate of drug-likeness (QED) is 0.722. The summed E-state index contributed by atoms with van der Waals surface area (Å²) in [5.41, 5.74) is 1.16. The van der Waals surface area contributed by atoms with Crippen LogP contribution in [0.1, 0.15) is 87.5 Å². The molecule has 1 rings (SSSR count). The van der Waals surface area contributed by atoms with Crippen LogP contribution in [0.25, 0.3) is 0 Å². The molecular formula is C18H37N. The third-order valence-corrected chi connectivity index (χ3v) is 4.52. The molecule has 0 atom stereocenters. The van der Waals surface area contributed by atoms with Gasteiger partial charge in [0.15, 0.2) is 0 Å². The summed E-state index contributed by atoms with van der Waals surface area (Å²) in [4.78, 5) is 0. The van der Waals surface area contributed by atoms with E-state index in [4.69, 9.17) is 0 Å². The van der Waals surface area contributed by atoms with Gasteiger partial charge in [-0.1, -0.05) is 41.5 Å². The number of hydrogen-bond donors (Lipinski definition) is 1. The van der Waals surface area contributed by atoms with Crippen molar-refractivity contribution in [2.75, 3.05) is 0 Å². The van der Waals surface area contributed by atoms with Crippen LogP contribution in [-0.2, 0) is 0 Å². The minimum Gasteiger partial charge on any atom is -0.309 e. The highest BCUT2D eigenvalue weighted by Gasteiger charge is 2.33. The summed E-state index contributed by atoms with van der Waals surface area (Å²) in [6.45, 7) is 19.0. The molecule has 0 aromatic carbocycles. The van der Waals surface area contributed by atoms with Gasteiger partial charge in [-0.15, -0.1) is 0 Å². The van der Waals surface area contributed by atoms with Gasteiger partial charge in [-0.2, -0.15) is 0 Å². The van der Waals surface area contributed by atoms with Crippen LogP contribution in [0.5, 0.6) is 0 Å². The highest BCUT2D eigenvalue weighted by atomic mass is 15.0. The van der Waals surface area contributed by atoms with Crippen LogP contribution < -0.4 is 5.32 Å². The van der Waals surface area contributed by atoms with E-state index in [0.717, 1.165) is 12.0 Å². The maximum absolute atomic E-state index is 3.92. The lowest BCUT2D eigenvalue weighted by Gasteiger charge is -2.41. The molecule has 0 heterocycles. The normalized spacial score (nSPS) is 26.5. The van der Waals surface area contributed by atoms with Crippen LogP contribution >= 0.6 is 0 Å². The molecule has 1 aliphatic carbocycles. The Morgan fingerprint density at radius 2 is 1.26 bits per heavy atom. The summed E-state index contributed by atoms with van der Waals surface area (Å²) in [6, 6.07) is 0.732. The molecule has 0 aromatic heterocycles. The first kappa shape index (κ1) is 17.0. The van der Waals surface area contributed by atoms with Crippen LogP contribution in [0.15, 0.2) is 0 Å². The van der Waals surface area contributed by atoms with Crippen LogP contribution in [0.4, 0.5) is 0 Å². The van der Waals surface area contributed by atoms with Crippen LogP contribution in [-0.4, -0.2) is 11.6 Å². The van der Waals surface area contributed by atoms with E-state index >= 15 is 0 Å². The van der Waals surface area contributed by atoms with Gasteiger partial charge in [-0.25, -0.2) is 0 Å². The molecule has 19 heavy (non-hydrogen) atoms. The second kappa shape index (κ2) is 5.76. The average molecular weight is 268 g/mol. The predicted molar refractivity (Wildman–Crippen MR) is 86.5 cm³/mol. The summed E-state index contributed by atoms with van der Waals surface area (Å²) >= 11 is 0. The van der Waals surface area contributed by atoms with E-state index in [2.05, 4.69) is 60.7 Å². The fourth-order valence-electron chi connectivity index (χ4n) is 4.03. The molecule has 1 N–H and O–H groups in total. The molecule has 1 aliphatic rings. The van der Waals surface area contributed by atoms with Crippen molar-refractivity contribution < 1.29 is 0 Å². The van der Waals surface area contributed by atoms with Gasteiger partial charge >= 0.3 is 0 Å². The summed E-state index contributed by atoms with van der Waals surface area (Å²) in [5.74, 6) is 0.913. The zero-order chi connectivity index (χ0) is 14.9. The maximum atomic E-state index is 3.92. The summed E-state index contributed by atoms with van der Waals surface area (Å²) < 4.78 is 0. The largest absolute Gasteiger partial charge is 0.309 e. The predicted octanol–water partition coefficient (Wildman–Crippen LogP) is 5.40. The van der Waals surface area contributed by atoms with E-state index in [1.807, 2.05) is 0 Å². The van der Waals surface area contributed by atoms with Gasteiger partial charge in [0, 0.05) is 11.6 Å². The zero-order valence-corrected chi connectivity index (χ0v) is 14.7. The summed E-state index contributed by atoms with van der Waals surface area (Å²) in [7, 11) is 0. The third kappa shape index (κ3) is 6.29. The van der Waals surface area contributed by atoms with Crippen molar-refractivity contribution in [1.82, 2.24) is 5.32 Å². The lowest BCUT2D eigenvalue weighted by atomic mass is 9.71. The fraction of sp³-hybridized carbons (Fsp3) is 1.00. The Morgan fingerprint density at radius 1 is 0.789 bits per heavy atom. The van der Waals surface area contributed by atoms with Crippen molar-refractivity contribution in [1.29, 1.82) is 0 Å². The Labute approximate surface area is 121 Å². The van der Waals surface area contributed by atoms with Gasteiger partial charge in [0.2, 0.25) is 0 Å². The fourth-order valence-corrected chi connectivity index (χ4v) is 4.03. The van der Waals surface area contributed by atoms with Crippen molar-refractivity contribution in [2.24, 2.45) is 16.7 Å². The second-order valence-corrected chi connectivity index (χ2v) is 9.68. The van der Waals surface area contributed by atoms with Crippen LogP contribution in [0.2, 0.25) is 0 Å². The van der Waals surface area contributed by atoms with E-state index in [0.29, 0.717) is 10.8 Å². The first-order valence-electron chi connectivity index (χ1n) is 8.17. The molecule has 0 saturated heterocycles. The molecule has 0 bridgehead atoms. The molecule has 1 fully saturated rings. The van der Waals surface area contributed by atoms with Gasteiger partial charge in [-0.3, -0.25) is 0 Å². The summed E-state index contributed by atoms with van der Waals surface area (Å²) in [5, 5.41) is 3.92. The summed E-state index contributed by atoms with van der Waals surface area (Å²) in [6.07, 6.45) is 6.74. The highest BCUT2D eigenvalue weighted by molar-refractivity contribution is 4.90. The molecular weight excluding hydrogens is 230 g/mol. The second-order valence-electron chi connectivity index (χ2n) is 9.68. The number of rotatable bonds is 3. The molecule has 114 valence electrons. The third-order valence-electron chi connectivity index (χ3n) is 4.52. The topological polar surface area (TPSA) is 12.0 Å². The van der Waals surface area contributed by atoms with E-state index < -0.39 is 0 Å². The monoisotopic (exact) mass is 267 g/mol. The molecule has 0 unspecified atom stereocenters. The Hall–Kier alpha value is -0.0400. The lowest BCUT2D eigenvalue weighted by molar-refractivity contribution is 0.137. The van der Waals surface area contributed by atoms with Crippen LogP contribution in [0.3, 0.4) is 0 Å². The van der Waals surface area contributed by atoms with E-state index in [9.17, 15) is 0 Å². The smallest absolute Gasteiger partial charge is 0.0132 e. The van der Waals surface area contributed by atoms with Crippen molar-refractivity contribution >= 4 is 0 Å². The zero-order valence-electron chi connectivity index (χ0n) is 14.7. The minimum absolute atomic E-state index is 0.261. The van der Waals surface area contributed by atoms with Gasteiger partial charge < -0.3 is 5.32 Å². The molecule has 1 nitrogen and oxygen atoms in total. The standard InChI is InChI=1S/C18H37N/c1-16(2,3)13-18(7,8)19-15-11-9-14(10-12-15)17(4,5)6/h14-15,19H,9-13H2,1-8H3. The van der Waals surface area contributed by atoms with Crippen molar-refractivity contribution in [3.8, 4) is 0 Å².